The number of nitrogens with one attached hydrogen (secondary N) is 1. The van der Waals surface area contributed by atoms with Crippen LogP contribution in [0.1, 0.15) is 6.42 Å². The highest BCUT2D eigenvalue weighted by Crippen LogP contribution is 2.10. The van der Waals surface area contributed by atoms with Crippen LogP contribution in [-0.4, -0.2) is 5.90 Å². The average molecular weight is 122 g/mol. The van der Waals surface area contributed by atoms with Crippen LogP contribution in [0, 0.1) is 22.7 Å². The summed E-state index contributed by atoms with van der Waals surface area (Å²) < 4.78 is 4.66. The highest BCUT2D eigenvalue weighted by molar-refractivity contribution is 5.79. The Morgan fingerprint density at radius 1 is 1.89 bits per heavy atom. The van der Waals surface area contributed by atoms with Crippen LogP contribution in [0.3, 0.4) is 0 Å². The van der Waals surface area contributed by atoms with Crippen LogP contribution in [0.5, 0.6) is 0 Å². The van der Waals surface area contributed by atoms with Crippen molar-refractivity contribution in [3.05, 3.63) is 12.3 Å². The third-order valence-corrected chi connectivity index (χ3v) is 1.14. The van der Waals surface area contributed by atoms with Gasteiger partial charge in [-0.2, -0.15) is 5.26 Å². The molecular formula is C6H6N2O. The zero-order valence-electron chi connectivity index (χ0n) is 4.79. The van der Waals surface area contributed by atoms with Gasteiger partial charge >= 0.3 is 0 Å². The van der Waals surface area contributed by atoms with E-state index in [1.165, 1.54) is 6.26 Å². The Bertz CT molecular complexity index is 190. The third kappa shape index (κ3) is 1.08. The molecule has 0 radical (unpaired) electrons. The maximum absolute atomic E-state index is 8.36. The van der Waals surface area contributed by atoms with Crippen LogP contribution in [-0.2, 0) is 4.74 Å². The first-order valence-electron chi connectivity index (χ1n) is 2.64. The molecule has 0 aromatic carbocycles. The maximum Gasteiger partial charge on any atom is 0.204 e. The summed E-state index contributed by atoms with van der Waals surface area (Å²) in [6, 6.07) is 1.95. The molecule has 1 aliphatic rings. The summed E-state index contributed by atoms with van der Waals surface area (Å²) in [5, 5.41) is 15.4. The fourth-order valence-corrected chi connectivity index (χ4v) is 0.614. The van der Waals surface area contributed by atoms with E-state index in [4.69, 9.17) is 10.7 Å². The third-order valence-electron chi connectivity index (χ3n) is 1.14. The molecule has 1 N–H and O–H groups in total. The van der Waals surface area contributed by atoms with Gasteiger partial charge in [-0.05, 0) is 12.5 Å². The first-order chi connectivity index (χ1) is 4.34. The van der Waals surface area contributed by atoms with Crippen molar-refractivity contribution in [2.75, 3.05) is 0 Å². The lowest BCUT2D eigenvalue weighted by atomic mass is 10.1. The van der Waals surface area contributed by atoms with Gasteiger partial charge in [0, 0.05) is 0 Å². The second-order valence-corrected chi connectivity index (χ2v) is 1.77. The molecule has 0 amide bonds. The topological polar surface area (TPSA) is 56.9 Å². The molecule has 3 nitrogen and oxygen atoms in total. The van der Waals surface area contributed by atoms with Crippen LogP contribution in [0.15, 0.2) is 12.3 Å². The van der Waals surface area contributed by atoms with Gasteiger partial charge < -0.3 is 4.74 Å². The number of hydrogen-bond acceptors (Lipinski definition) is 3. The molecule has 0 bridgehead atoms. The zero-order chi connectivity index (χ0) is 6.69. The predicted molar refractivity (Wildman–Crippen MR) is 31.7 cm³/mol. The van der Waals surface area contributed by atoms with Gasteiger partial charge in [0.15, 0.2) is 0 Å². The number of allylic oxidation sites excluding steroid dienone is 1. The van der Waals surface area contributed by atoms with Crippen molar-refractivity contribution in [2.45, 2.75) is 6.42 Å². The van der Waals surface area contributed by atoms with Crippen LogP contribution in [0.2, 0.25) is 0 Å². The van der Waals surface area contributed by atoms with Crippen molar-refractivity contribution >= 4 is 5.90 Å². The van der Waals surface area contributed by atoms with Gasteiger partial charge in [-0.25, -0.2) is 0 Å². The van der Waals surface area contributed by atoms with Crippen LogP contribution < -0.4 is 0 Å². The van der Waals surface area contributed by atoms with E-state index < -0.39 is 0 Å². The summed E-state index contributed by atoms with van der Waals surface area (Å²) in [7, 11) is 0. The number of rotatable bonds is 0. The van der Waals surface area contributed by atoms with Gasteiger partial charge in [0.2, 0.25) is 5.90 Å². The molecule has 0 fully saturated rings. The molecule has 1 unspecified atom stereocenters. The number of ether oxygens (including phenoxy) is 1. The Kier molecular flexibility index (Phi) is 1.50. The summed E-state index contributed by atoms with van der Waals surface area (Å²) in [4.78, 5) is 0. The summed E-state index contributed by atoms with van der Waals surface area (Å²) in [5.41, 5.74) is 0. The minimum atomic E-state index is -0.366. The highest BCUT2D eigenvalue weighted by atomic mass is 16.5. The second kappa shape index (κ2) is 2.31. The average Bonchev–Trinajstić information content (AvgIpc) is 1.89. The number of nitrogens with zero attached hydrogens (tertiary/aromatic N) is 1. The van der Waals surface area contributed by atoms with Crippen LogP contribution in [0.25, 0.3) is 0 Å². The molecule has 0 aromatic rings. The van der Waals surface area contributed by atoms with E-state index in [9.17, 15) is 0 Å². The summed E-state index contributed by atoms with van der Waals surface area (Å²) in [6.45, 7) is 0. The van der Waals surface area contributed by atoms with E-state index in [0.29, 0.717) is 6.42 Å². The molecule has 0 saturated heterocycles. The number of hydrogen-bond donors (Lipinski definition) is 1. The molecule has 1 atom stereocenters. The van der Waals surface area contributed by atoms with Crippen molar-refractivity contribution < 1.29 is 4.74 Å². The first-order valence-corrected chi connectivity index (χ1v) is 2.64. The van der Waals surface area contributed by atoms with Crippen LogP contribution in [0.4, 0.5) is 0 Å². The molecule has 1 rings (SSSR count). The fraction of sp³-hybridized carbons (Fsp3) is 0.333. The molecule has 0 saturated carbocycles. The Hall–Kier alpha value is -1.30. The number of nitriles is 1. The lowest BCUT2D eigenvalue weighted by Gasteiger charge is -2.10. The van der Waals surface area contributed by atoms with Gasteiger partial charge in [-0.3, -0.25) is 5.41 Å². The summed E-state index contributed by atoms with van der Waals surface area (Å²) >= 11 is 0. The molecule has 1 heterocycles. The lowest BCUT2D eigenvalue weighted by molar-refractivity contribution is 0.416. The van der Waals surface area contributed by atoms with E-state index in [0.717, 1.165) is 0 Å². The molecular weight excluding hydrogens is 116 g/mol. The largest absolute Gasteiger partial charge is 0.450 e. The van der Waals surface area contributed by atoms with E-state index >= 15 is 0 Å². The molecule has 1 aliphatic heterocycles. The Morgan fingerprint density at radius 3 is 3.11 bits per heavy atom. The summed E-state index contributed by atoms with van der Waals surface area (Å²) in [5.74, 6) is -0.310. The van der Waals surface area contributed by atoms with Crippen molar-refractivity contribution in [1.82, 2.24) is 0 Å². The van der Waals surface area contributed by atoms with Crippen molar-refractivity contribution in [1.29, 1.82) is 10.7 Å². The lowest BCUT2D eigenvalue weighted by Crippen LogP contribution is -2.15. The molecule has 0 aliphatic carbocycles. The normalized spacial score (nSPS) is 24.8. The quantitative estimate of drug-likeness (QED) is 0.521. The second-order valence-electron chi connectivity index (χ2n) is 1.77. The van der Waals surface area contributed by atoms with Gasteiger partial charge in [-0.1, -0.05) is 0 Å². The Balaban J connectivity index is 2.67. The van der Waals surface area contributed by atoms with Gasteiger partial charge in [-0.15, -0.1) is 0 Å². The minimum Gasteiger partial charge on any atom is -0.450 e. The van der Waals surface area contributed by atoms with E-state index in [2.05, 4.69) is 4.74 Å². The SMILES string of the molecule is N#CC1CC=COC1=N. The molecule has 46 valence electrons. The standard InChI is InChI=1S/C6H6N2O/c7-4-5-2-1-3-9-6(5)8/h1,3,5,8H,2H2. The van der Waals surface area contributed by atoms with Crippen LogP contribution >= 0.6 is 0 Å². The van der Waals surface area contributed by atoms with Crippen molar-refractivity contribution in [2.24, 2.45) is 5.92 Å². The monoisotopic (exact) mass is 122 g/mol. The minimum absolute atomic E-state index is 0.0556. The predicted octanol–water partition coefficient (Wildman–Crippen LogP) is 1.04. The van der Waals surface area contributed by atoms with Crippen molar-refractivity contribution in [3.8, 4) is 6.07 Å². The first kappa shape index (κ1) is 5.83. The van der Waals surface area contributed by atoms with E-state index in [1.54, 1.807) is 6.08 Å². The van der Waals surface area contributed by atoms with Gasteiger partial charge in [0.25, 0.3) is 0 Å². The maximum atomic E-state index is 8.36. The molecule has 0 spiro atoms. The molecule has 9 heavy (non-hydrogen) atoms. The van der Waals surface area contributed by atoms with Gasteiger partial charge in [0.1, 0.15) is 5.92 Å². The zero-order valence-corrected chi connectivity index (χ0v) is 4.79. The molecule has 3 heteroatoms. The Labute approximate surface area is 53.1 Å². The van der Waals surface area contributed by atoms with E-state index in [1.807, 2.05) is 6.07 Å². The fourth-order valence-electron chi connectivity index (χ4n) is 0.614. The molecule has 0 aromatic heterocycles. The van der Waals surface area contributed by atoms with Crippen molar-refractivity contribution in [3.63, 3.8) is 0 Å². The Morgan fingerprint density at radius 2 is 2.67 bits per heavy atom. The van der Waals surface area contributed by atoms with Gasteiger partial charge in [0.05, 0.1) is 12.3 Å². The summed E-state index contributed by atoms with van der Waals surface area (Å²) in [6.07, 6.45) is 3.79. The highest BCUT2D eigenvalue weighted by Gasteiger charge is 2.15. The smallest absolute Gasteiger partial charge is 0.204 e. The van der Waals surface area contributed by atoms with E-state index in [-0.39, 0.29) is 11.8 Å².